The number of hydroxylamine groups is 1. The van der Waals surface area contributed by atoms with Crippen LogP contribution < -0.4 is 5.48 Å². The lowest BCUT2D eigenvalue weighted by atomic mass is 9.75. The van der Waals surface area contributed by atoms with E-state index in [1.165, 1.54) is 11.8 Å². The van der Waals surface area contributed by atoms with Gasteiger partial charge in [-0.1, -0.05) is 49.7 Å². The number of esters is 1. The van der Waals surface area contributed by atoms with Gasteiger partial charge >= 0.3 is 12.1 Å². The van der Waals surface area contributed by atoms with E-state index in [2.05, 4.69) is 15.2 Å². The Morgan fingerprint density at radius 3 is 2.55 bits per heavy atom. The van der Waals surface area contributed by atoms with Crippen LogP contribution in [0.3, 0.4) is 0 Å². The Morgan fingerprint density at radius 1 is 1.08 bits per heavy atom. The number of aliphatic hydroxyl groups is 2. The third kappa shape index (κ3) is 9.62. The minimum Gasteiger partial charge on any atom is -0.457 e. The van der Waals surface area contributed by atoms with Crippen LogP contribution in [0.1, 0.15) is 92.1 Å². The van der Waals surface area contributed by atoms with Gasteiger partial charge in [0.2, 0.25) is 5.91 Å². The van der Waals surface area contributed by atoms with Crippen molar-refractivity contribution in [3.63, 3.8) is 0 Å². The number of aliphatic hydroxyl groups excluding tert-OH is 2. The highest BCUT2D eigenvalue weighted by molar-refractivity contribution is 6.00. The summed E-state index contributed by atoms with van der Waals surface area (Å²) in [4.78, 5) is 61.4. The number of cyclic esters (lactones) is 1. The Bertz CT molecular complexity index is 2030. The number of ketones is 1. The van der Waals surface area contributed by atoms with Gasteiger partial charge in [0.25, 0.3) is 0 Å². The number of Topliss-reactive ketones (excluding diaryl/α,β-unsaturated/α-hetero) is 1. The number of unbranched alkanes of at least 4 members (excludes halogenated alkanes) is 2. The Kier molecular flexibility index (Phi) is 14.6. The molecule has 2 aromatic rings. The van der Waals surface area contributed by atoms with Gasteiger partial charge in [0.05, 0.1) is 37.2 Å². The molecule has 352 valence electrons. The number of nitrogens with zero attached hydrogens (tertiary/aromatic N) is 6. The third-order valence-electron chi connectivity index (χ3n) is 14.0. The Hall–Kier alpha value is -4.37. The molecular formula is C45H65N7O12. The van der Waals surface area contributed by atoms with E-state index < -0.39 is 89.6 Å². The SMILES string of the molecule is CC[C@H]1OC(=O)[C@H](C)C(=O)[C@H](C)[C@@H](O[C@@H]2O[C@H](C)C[C@H](N(C)Cc3ccc(-c4cn(CCCCCC(=O)NO)nn4)cc3)[C@@H]2O)[C@@]2(C)C[C@@H](CO2)C2=NCCN3C(=O)O[C@@]1(C)[C@H](O)[C@H]23. The molecule has 4 N–H and O–H groups in total. The zero-order valence-corrected chi connectivity index (χ0v) is 37.9. The van der Waals surface area contributed by atoms with Crippen molar-refractivity contribution in [2.24, 2.45) is 22.7 Å². The first-order chi connectivity index (χ1) is 30.5. The van der Waals surface area contributed by atoms with Crippen molar-refractivity contribution in [3.05, 3.63) is 36.0 Å². The van der Waals surface area contributed by atoms with Gasteiger partial charge in [-0.3, -0.25) is 39.1 Å². The molecule has 0 saturated carbocycles. The van der Waals surface area contributed by atoms with Gasteiger partial charge in [0.15, 0.2) is 17.7 Å². The Labute approximate surface area is 373 Å². The maximum Gasteiger partial charge on any atom is 0.411 e. The molecule has 4 bridgehead atoms. The number of amides is 2. The summed E-state index contributed by atoms with van der Waals surface area (Å²) in [5, 5.41) is 41.3. The number of nitrogens with one attached hydrogen (secondary N) is 1. The maximum absolute atomic E-state index is 14.4. The van der Waals surface area contributed by atoms with Gasteiger partial charge in [0.1, 0.15) is 36.0 Å². The second kappa shape index (κ2) is 19.6. The minimum absolute atomic E-state index is 0.170. The number of ether oxygens (including phenoxy) is 5. The van der Waals surface area contributed by atoms with Crippen molar-refractivity contribution in [3.8, 4) is 11.3 Å². The number of likely N-dealkylation sites (N-methyl/N-ethyl adjacent to an activating group) is 1. The molecular weight excluding hydrogens is 831 g/mol. The highest BCUT2D eigenvalue weighted by Gasteiger charge is 2.61. The van der Waals surface area contributed by atoms with Crippen molar-refractivity contribution in [2.45, 2.75) is 160 Å². The summed E-state index contributed by atoms with van der Waals surface area (Å²) >= 11 is 0. The first-order valence-corrected chi connectivity index (χ1v) is 22.7. The second-order valence-corrected chi connectivity index (χ2v) is 18.7. The summed E-state index contributed by atoms with van der Waals surface area (Å²) in [5.74, 6) is -4.21. The fraction of sp³-hybridized carbons (Fsp3) is 0.711. The van der Waals surface area contributed by atoms with E-state index >= 15 is 0 Å². The minimum atomic E-state index is -1.61. The number of aliphatic imine (C=N–C) groups is 1. The molecule has 0 radical (unpaired) electrons. The lowest BCUT2D eigenvalue weighted by molar-refractivity contribution is -0.293. The summed E-state index contributed by atoms with van der Waals surface area (Å²) in [5.41, 5.74) is 2.11. The molecule has 7 rings (SSSR count). The van der Waals surface area contributed by atoms with Crippen molar-refractivity contribution in [1.29, 1.82) is 0 Å². The number of aryl methyl sites for hydroxylation is 1. The lowest BCUT2D eigenvalue weighted by Gasteiger charge is -2.52. The highest BCUT2D eigenvalue weighted by Crippen LogP contribution is 2.44. The number of rotatable bonds is 13. The maximum atomic E-state index is 14.4. The smallest absolute Gasteiger partial charge is 0.411 e. The summed E-state index contributed by atoms with van der Waals surface area (Å²) in [6, 6.07) is 6.74. The average molecular weight is 896 g/mol. The molecule has 6 heterocycles. The average Bonchev–Trinajstić information content (AvgIpc) is 3.93. The Balaban J connectivity index is 1.06. The molecule has 0 spiro atoms. The predicted molar refractivity (Wildman–Crippen MR) is 229 cm³/mol. The van der Waals surface area contributed by atoms with Gasteiger partial charge in [-0.05, 0) is 72.4 Å². The number of hydrogen-bond acceptors (Lipinski definition) is 16. The lowest BCUT2D eigenvalue weighted by Crippen LogP contribution is -2.71. The number of benzene rings is 1. The van der Waals surface area contributed by atoms with Crippen molar-refractivity contribution >= 4 is 29.5 Å². The van der Waals surface area contributed by atoms with E-state index in [0.29, 0.717) is 44.6 Å². The molecule has 13 atom stereocenters. The van der Waals surface area contributed by atoms with Crippen molar-refractivity contribution < 1.29 is 58.3 Å². The topological polar surface area (TPSA) is 237 Å². The first-order valence-electron chi connectivity index (χ1n) is 22.7. The van der Waals surface area contributed by atoms with E-state index in [1.807, 2.05) is 51.4 Å². The van der Waals surface area contributed by atoms with E-state index in [9.17, 15) is 29.4 Å². The normalized spacial score (nSPS) is 35.7. The number of hydrogen-bond donors (Lipinski definition) is 4. The second-order valence-electron chi connectivity index (χ2n) is 18.7. The molecule has 1 aromatic heterocycles. The van der Waals surface area contributed by atoms with Gasteiger partial charge in [-0.15, -0.1) is 5.10 Å². The highest BCUT2D eigenvalue weighted by atomic mass is 16.7. The fourth-order valence-corrected chi connectivity index (χ4v) is 10.3. The molecule has 1 aromatic carbocycles. The van der Waals surface area contributed by atoms with Crippen LogP contribution in [0.4, 0.5) is 4.79 Å². The van der Waals surface area contributed by atoms with Crippen LogP contribution in [-0.4, -0.2) is 157 Å². The van der Waals surface area contributed by atoms with E-state index in [4.69, 9.17) is 33.9 Å². The monoisotopic (exact) mass is 895 g/mol. The van der Waals surface area contributed by atoms with Crippen molar-refractivity contribution in [2.75, 3.05) is 26.7 Å². The largest absolute Gasteiger partial charge is 0.457 e. The molecule has 5 aliphatic heterocycles. The van der Waals surface area contributed by atoms with Crippen LogP contribution in [-0.2, 0) is 51.2 Å². The number of carbonyl (C=O) groups is 4. The van der Waals surface area contributed by atoms with Gasteiger partial charge < -0.3 is 33.9 Å². The molecule has 0 unspecified atom stereocenters. The third-order valence-corrected chi connectivity index (χ3v) is 14.0. The zero-order valence-electron chi connectivity index (χ0n) is 37.9. The quantitative estimate of drug-likeness (QED) is 0.0744. The van der Waals surface area contributed by atoms with Crippen LogP contribution in [0.5, 0.6) is 0 Å². The van der Waals surface area contributed by atoms with E-state index in [-0.39, 0.29) is 38.0 Å². The first kappa shape index (κ1) is 47.6. The van der Waals surface area contributed by atoms with E-state index in [0.717, 1.165) is 29.7 Å². The summed E-state index contributed by atoms with van der Waals surface area (Å²) in [6.07, 6.45) is -1.16. The summed E-state index contributed by atoms with van der Waals surface area (Å²) < 4.78 is 33.3. The summed E-state index contributed by atoms with van der Waals surface area (Å²) in [6.45, 7) is 12.1. The van der Waals surface area contributed by atoms with Crippen LogP contribution >= 0.6 is 0 Å². The van der Waals surface area contributed by atoms with Crippen molar-refractivity contribution in [1.82, 2.24) is 30.3 Å². The van der Waals surface area contributed by atoms with Crippen LogP contribution in [0, 0.1) is 17.8 Å². The van der Waals surface area contributed by atoms with Gasteiger partial charge in [-0.2, -0.15) is 0 Å². The molecule has 64 heavy (non-hydrogen) atoms. The number of fused-ring (bicyclic) bond motifs is 4. The van der Waals surface area contributed by atoms with Crippen LogP contribution in [0.25, 0.3) is 11.3 Å². The molecule has 19 heteroatoms. The molecule has 5 aliphatic rings. The summed E-state index contributed by atoms with van der Waals surface area (Å²) in [7, 11) is 1.93. The molecule has 4 fully saturated rings. The van der Waals surface area contributed by atoms with E-state index in [1.54, 1.807) is 30.9 Å². The fourth-order valence-electron chi connectivity index (χ4n) is 10.3. The zero-order chi connectivity index (χ0) is 46.1. The van der Waals surface area contributed by atoms with Gasteiger partial charge in [0, 0.05) is 55.2 Å². The molecule has 0 aliphatic carbocycles. The standard InChI is InChI=1S/C45H65N7O12/c1-8-33-45(6)39(56)36-35(46-17-19-52(36)43(58)64-45)30-21-44(5,60-24-30)40(26(3)37(54)27(4)41(57)62-33)63-42-38(55)32(20-25(2)61-42)50(7)22-28-13-15-29(16-14-28)31-23-51(49-47-31)18-11-9-10-12-34(53)48-59/h13-16,23,25-27,30,32-33,36,38-40,42,55-56,59H,8-12,17-22,24H2,1-7H3,(H,48,53)/t25-,26+,27-,30+,32+,33-,36+,38+,39-,40-,42+,44-,45-/m1/s1. The molecule has 19 nitrogen and oxygen atoms in total. The van der Waals surface area contributed by atoms with Gasteiger partial charge in [-0.25, -0.2) is 10.3 Å². The predicted octanol–water partition coefficient (Wildman–Crippen LogP) is 3.06. The van der Waals surface area contributed by atoms with Crippen LogP contribution in [0.2, 0.25) is 0 Å². The molecule has 2 amide bonds. The number of carbonyl (C=O) groups excluding carboxylic acids is 4. The molecule has 4 saturated heterocycles. The number of aromatic nitrogens is 3. The van der Waals surface area contributed by atoms with Crippen LogP contribution in [0.15, 0.2) is 35.5 Å². The Morgan fingerprint density at radius 2 is 1.83 bits per heavy atom.